The monoisotopic (exact) mass is 195 g/mol. The van der Waals surface area contributed by atoms with Gasteiger partial charge < -0.3 is 10.7 Å². The zero-order valence-corrected chi connectivity index (χ0v) is 9.59. The lowest BCUT2D eigenvalue weighted by atomic mass is 10.0. The average Bonchev–Trinajstić information content (AvgIpc) is 2.46. The number of nitrogens with zero attached hydrogens (tertiary/aromatic N) is 1. The normalized spacial score (nSPS) is 11.6. The van der Waals surface area contributed by atoms with E-state index in [4.69, 9.17) is 5.73 Å². The van der Waals surface area contributed by atoms with E-state index in [0.717, 1.165) is 12.2 Å². The summed E-state index contributed by atoms with van der Waals surface area (Å²) in [6.45, 7) is 9.26. The van der Waals surface area contributed by atoms with E-state index >= 15 is 0 Å². The molecule has 0 aliphatic heterocycles. The second-order valence-corrected chi connectivity index (χ2v) is 4.50. The predicted octanol–water partition coefficient (Wildman–Crippen LogP) is 2.19. The van der Waals surface area contributed by atoms with Gasteiger partial charge in [0.05, 0.1) is 12.2 Å². The molecule has 0 saturated carbocycles. The molecule has 0 aliphatic carbocycles. The third-order valence-electron chi connectivity index (χ3n) is 2.21. The third-order valence-corrected chi connectivity index (χ3v) is 2.21. The van der Waals surface area contributed by atoms with Crippen molar-refractivity contribution in [3.8, 4) is 0 Å². The van der Waals surface area contributed by atoms with Gasteiger partial charge in [-0.25, -0.2) is 4.98 Å². The van der Waals surface area contributed by atoms with Crippen LogP contribution in [0.2, 0.25) is 0 Å². The number of nitrogens with one attached hydrogen (secondary N) is 1. The maximum absolute atomic E-state index is 5.57. The van der Waals surface area contributed by atoms with Crippen LogP contribution in [0.15, 0.2) is 0 Å². The Kier molecular flexibility index (Phi) is 3.69. The van der Waals surface area contributed by atoms with Crippen molar-refractivity contribution in [2.45, 2.75) is 46.6 Å². The standard InChI is InChI=1S/C11H21N3/c1-7(2)5-9-11(8(3)4)14-10(6-12)13-9/h7-8H,5-6,12H2,1-4H3,(H,13,14). The number of hydrogen-bond acceptors (Lipinski definition) is 2. The molecule has 0 spiro atoms. The first-order valence-electron chi connectivity index (χ1n) is 5.32. The van der Waals surface area contributed by atoms with Crippen LogP contribution in [0.25, 0.3) is 0 Å². The number of rotatable bonds is 4. The van der Waals surface area contributed by atoms with Crippen LogP contribution in [0.5, 0.6) is 0 Å². The van der Waals surface area contributed by atoms with Crippen molar-refractivity contribution in [1.29, 1.82) is 0 Å². The number of nitrogens with two attached hydrogens (primary N) is 1. The van der Waals surface area contributed by atoms with Gasteiger partial charge >= 0.3 is 0 Å². The van der Waals surface area contributed by atoms with E-state index in [1.54, 1.807) is 0 Å². The van der Waals surface area contributed by atoms with Crippen molar-refractivity contribution >= 4 is 0 Å². The van der Waals surface area contributed by atoms with E-state index in [1.165, 1.54) is 11.4 Å². The molecule has 1 rings (SSSR count). The van der Waals surface area contributed by atoms with Crippen molar-refractivity contribution in [2.75, 3.05) is 0 Å². The second kappa shape index (κ2) is 4.60. The Morgan fingerprint density at radius 3 is 2.36 bits per heavy atom. The molecule has 1 aromatic rings. The topological polar surface area (TPSA) is 54.7 Å². The predicted molar refractivity (Wildman–Crippen MR) is 59.1 cm³/mol. The van der Waals surface area contributed by atoms with Crippen molar-refractivity contribution < 1.29 is 0 Å². The fraction of sp³-hybridized carbons (Fsp3) is 0.727. The highest BCUT2D eigenvalue weighted by Crippen LogP contribution is 2.19. The summed E-state index contributed by atoms with van der Waals surface area (Å²) in [6, 6.07) is 0. The molecule has 1 aromatic heterocycles. The van der Waals surface area contributed by atoms with Gasteiger partial charge in [-0.05, 0) is 18.3 Å². The zero-order chi connectivity index (χ0) is 10.7. The Hall–Kier alpha value is -0.830. The van der Waals surface area contributed by atoms with E-state index < -0.39 is 0 Å². The SMILES string of the molecule is CC(C)Cc1[nH]c(CN)nc1C(C)C. The summed E-state index contributed by atoms with van der Waals surface area (Å²) in [5.74, 6) is 2.03. The van der Waals surface area contributed by atoms with E-state index in [0.29, 0.717) is 18.4 Å². The van der Waals surface area contributed by atoms with Gasteiger partial charge in [0.25, 0.3) is 0 Å². The molecule has 0 bridgehead atoms. The molecule has 0 fully saturated rings. The largest absolute Gasteiger partial charge is 0.345 e. The molecule has 0 amide bonds. The van der Waals surface area contributed by atoms with E-state index in [-0.39, 0.29) is 0 Å². The van der Waals surface area contributed by atoms with Crippen molar-refractivity contribution in [2.24, 2.45) is 11.7 Å². The number of H-pyrrole nitrogens is 1. The number of imidazole rings is 1. The highest BCUT2D eigenvalue weighted by atomic mass is 15.0. The Morgan fingerprint density at radius 1 is 1.29 bits per heavy atom. The van der Waals surface area contributed by atoms with Gasteiger partial charge in [0.2, 0.25) is 0 Å². The van der Waals surface area contributed by atoms with Gasteiger partial charge in [-0.3, -0.25) is 0 Å². The number of aromatic nitrogens is 2. The number of hydrogen-bond donors (Lipinski definition) is 2. The molecule has 80 valence electrons. The lowest BCUT2D eigenvalue weighted by Crippen LogP contribution is -2.00. The summed E-state index contributed by atoms with van der Waals surface area (Å²) < 4.78 is 0. The van der Waals surface area contributed by atoms with E-state index in [2.05, 4.69) is 37.7 Å². The highest BCUT2D eigenvalue weighted by Gasteiger charge is 2.13. The van der Waals surface area contributed by atoms with E-state index in [1.807, 2.05) is 0 Å². The molecule has 3 heteroatoms. The van der Waals surface area contributed by atoms with Gasteiger partial charge in [0.1, 0.15) is 5.82 Å². The molecule has 0 unspecified atom stereocenters. The molecule has 3 nitrogen and oxygen atoms in total. The summed E-state index contributed by atoms with van der Waals surface area (Å²) in [4.78, 5) is 7.81. The quantitative estimate of drug-likeness (QED) is 0.773. The molecule has 0 atom stereocenters. The van der Waals surface area contributed by atoms with Crippen LogP contribution < -0.4 is 5.73 Å². The number of aromatic amines is 1. The first-order chi connectivity index (χ1) is 6.54. The maximum Gasteiger partial charge on any atom is 0.120 e. The second-order valence-electron chi connectivity index (χ2n) is 4.50. The Morgan fingerprint density at radius 2 is 1.93 bits per heavy atom. The Labute approximate surface area is 86.1 Å². The van der Waals surface area contributed by atoms with Crippen LogP contribution >= 0.6 is 0 Å². The fourth-order valence-corrected chi connectivity index (χ4v) is 1.62. The molecule has 0 aliphatic rings. The third kappa shape index (κ3) is 2.58. The molecule has 0 aromatic carbocycles. The minimum absolute atomic E-state index is 0.472. The summed E-state index contributed by atoms with van der Waals surface area (Å²) in [7, 11) is 0. The molecule has 1 heterocycles. The smallest absolute Gasteiger partial charge is 0.120 e. The lowest BCUT2D eigenvalue weighted by molar-refractivity contribution is 0.627. The zero-order valence-electron chi connectivity index (χ0n) is 9.59. The minimum Gasteiger partial charge on any atom is -0.345 e. The van der Waals surface area contributed by atoms with Gasteiger partial charge in [-0.2, -0.15) is 0 Å². The molecule has 14 heavy (non-hydrogen) atoms. The minimum atomic E-state index is 0.472. The van der Waals surface area contributed by atoms with Crippen LogP contribution in [-0.2, 0) is 13.0 Å². The fourth-order valence-electron chi connectivity index (χ4n) is 1.62. The molecule has 0 saturated heterocycles. The summed E-state index contributed by atoms with van der Waals surface area (Å²) in [5.41, 5.74) is 8.01. The van der Waals surface area contributed by atoms with Gasteiger partial charge in [-0.15, -0.1) is 0 Å². The lowest BCUT2D eigenvalue weighted by Gasteiger charge is -2.07. The van der Waals surface area contributed by atoms with E-state index in [9.17, 15) is 0 Å². The molecule has 0 radical (unpaired) electrons. The first-order valence-corrected chi connectivity index (χ1v) is 5.32. The van der Waals surface area contributed by atoms with Crippen molar-refractivity contribution in [1.82, 2.24) is 9.97 Å². The van der Waals surface area contributed by atoms with Crippen LogP contribution in [-0.4, -0.2) is 9.97 Å². The highest BCUT2D eigenvalue weighted by molar-refractivity contribution is 5.18. The van der Waals surface area contributed by atoms with Gasteiger partial charge in [0, 0.05) is 5.69 Å². The van der Waals surface area contributed by atoms with Crippen LogP contribution in [0, 0.1) is 5.92 Å². The van der Waals surface area contributed by atoms with Crippen LogP contribution in [0.1, 0.15) is 50.8 Å². The van der Waals surface area contributed by atoms with Gasteiger partial charge in [0.15, 0.2) is 0 Å². The Balaban J connectivity index is 2.93. The van der Waals surface area contributed by atoms with Crippen LogP contribution in [0.3, 0.4) is 0 Å². The first kappa shape index (κ1) is 11.2. The molecule has 3 N–H and O–H groups in total. The van der Waals surface area contributed by atoms with Crippen molar-refractivity contribution in [3.05, 3.63) is 17.2 Å². The summed E-state index contributed by atoms with van der Waals surface area (Å²) >= 11 is 0. The molecular weight excluding hydrogens is 174 g/mol. The Bertz CT molecular complexity index is 287. The van der Waals surface area contributed by atoms with Crippen molar-refractivity contribution in [3.63, 3.8) is 0 Å². The van der Waals surface area contributed by atoms with Crippen LogP contribution in [0.4, 0.5) is 0 Å². The average molecular weight is 195 g/mol. The summed E-state index contributed by atoms with van der Waals surface area (Å²) in [6.07, 6.45) is 1.06. The van der Waals surface area contributed by atoms with Gasteiger partial charge in [-0.1, -0.05) is 27.7 Å². The maximum atomic E-state index is 5.57. The summed E-state index contributed by atoms with van der Waals surface area (Å²) in [5, 5.41) is 0. The molecular formula is C11H21N3.